The van der Waals surface area contributed by atoms with Gasteiger partial charge in [0.25, 0.3) is 5.91 Å². The molecular formula is C18H13N3O3S. The SMILES string of the molecule is O=C1CSc2ccc(C(=O)Nc3ccc(-c4cnco4)cc3)cc2N1. The lowest BCUT2D eigenvalue weighted by atomic mass is 10.1. The molecular weight excluding hydrogens is 338 g/mol. The van der Waals surface area contributed by atoms with Gasteiger partial charge >= 0.3 is 0 Å². The van der Waals surface area contributed by atoms with Crippen molar-refractivity contribution in [2.75, 3.05) is 16.4 Å². The third-order valence-corrected chi connectivity index (χ3v) is 4.81. The maximum atomic E-state index is 12.4. The second-order valence-electron chi connectivity index (χ2n) is 5.44. The lowest BCUT2D eigenvalue weighted by Gasteiger charge is -2.17. The molecule has 2 aromatic carbocycles. The van der Waals surface area contributed by atoms with E-state index in [-0.39, 0.29) is 11.8 Å². The van der Waals surface area contributed by atoms with Crippen LogP contribution in [-0.2, 0) is 4.79 Å². The molecule has 0 radical (unpaired) electrons. The lowest BCUT2D eigenvalue weighted by molar-refractivity contribution is -0.113. The van der Waals surface area contributed by atoms with Crippen molar-refractivity contribution in [1.82, 2.24) is 4.98 Å². The summed E-state index contributed by atoms with van der Waals surface area (Å²) in [5, 5.41) is 5.63. The molecule has 0 atom stereocenters. The molecule has 3 aromatic rings. The predicted octanol–water partition coefficient (Wildman–Crippen LogP) is 3.64. The van der Waals surface area contributed by atoms with Crippen LogP contribution in [0.15, 0.2) is 64.4 Å². The van der Waals surface area contributed by atoms with Crippen molar-refractivity contribution in [2.24, 2.45) is 0 Å². The molecule has 2 heterocycles. The normalized spacial score (nSPS) is 13.0. The third kappa shape index (κ3) is 3.27. The van der Waals surface area contributed by atoms with Gasteiger partial charge in [-0.2, -0.15) is 0 Å². The number of aromatic nitrogens is 1. The van der Waals surface area contributed by atoms with Crippen LogP contribution in [0, 0.1) is 0 Å². The van der Waals surface area contributed by atoms with E-state index in [4.69, 9.17) is 4.42 Å². The minimum Gasteiger partial charge on any atom is -0.444 e. The fourth-order valence-corrected chi connectivity index (χ4v) is 3.29. The highest BCUT2D eigenvalue weighted by molar-refractivity contribution is 8.00. The van der Waals surface area contributed by atoms with E-state index < -0.39 is 0 Å². The summed E-state index contributed by atoms with van der Waals surface area (Å²) in [5.41, 5.74) is 2.71. The van der Waals surface area contributed by atoms with Crippen molar-refractivity contribution in [3.63, 3.8) is 0 Å². The van der Waals surface area contributed by atoms with Gasteiger partial charge in [-0.15, -0.1) is 11.8 Å². The summed E-state index contributed by atoms with van der Waals surface area (Å²) < 4.78 is 5.24. The Morgan fingerprint density at radius 1 is 1.20 bits per heavy atom. The van der Waals surface area contributed by atoms with E-state index in [1.165, 1.54) is 18.2 Å². The molecule has 0 fully saturated rings. The van der Waals surface area contributed by atoms with Crippen molar-refractivity contribution in [3.8, 4) is 11.3 Å². The molecule has 1 aromatic heterocycles. The predicted molar refractivity (Wildman–Crippen MR) is 95.7 cm³/mol. The summed E-state index contributed by atoms with van der Waals surface area (Å²) in [6.45, 7) is 0. The Labute approximate surface area is 147 Å². The number of fused-ring (bicyclic) bond motifs is 1. The first kappa shape index (κ1) is 15.5. The molecule has 2 amide bonds. The molecule has 7 heteroatoms. The van der Waals surface area contributed by atoms with Gasteiger partial charge in [0.05, 0.1) is 17.6 Å². The number of carbonyl (C=O) groups is 2. The van der Waals surface area contributed by atoms with Crippen molar-refractivity contribution >= 4 is 35.0 Å². The topological polar surface area (TPSA) is 84.2 Å². The Bertz CT molecular complexity index is 937. The van der Waals surface area contributed by atoms with Gasteiger partial charge in [0.1, 0.15) is 0 Å². The highest BCUT2D eigenvalue weighted by Crippen LogP contribution is 2.32. The Balaban J connectivity index is 1.50. The van der Waals surface area contributed by atoms with Gasteiger partial charge in [-0.05, 0) is 42.5 Å². The molecule has 0 bridgehead atoms. The zero-order chi connectivity index (χ0) is 17.2. The molecule has 0 saturated heterocycles. The number of hydrogen-bond acceptors (Lipinski definition) is 5. The highest BCUT2D eigenvalue weighted by Gasteiger charge is 2.17. The molecule has 6 nitrogen and oxygen atoms in total. The van der Waals surface area contributed by atoms with Crippen molar-refractivity contribution in [1.29, 1.82) is 0 Å². The number of amides is 2. The minimum atomic E-state index is -0.236. The number of rotatable bonds is 3. The zero-order valence-electron chi connectivity index (χ0n) is 13.0. The first-order valence-corrected chi connectivity index (χ1v) is 8.54. The van der Waals surface area contributed by atoms with E-state index in [0.717, 1.165) is 10.5 Å². The van der Waals surface area contributed by atoms with E-state index in [1.54, 1.807) is 30.5 Å². The summed E-state index contributed by atoms with van der Waals surface area (Å²) in [7, 11) is 0. The van der Waals surface area contributed by atoms with E-state index in [1.807, 2.05) is 18.2 Å². The van der Waals surface area contributed by atoms with Crippen LogP contribution in [0.2, 0.25) is 0 Å². The second-order valence-corrected chi connectivity index (χ2v) is 6.46. The first-order valence-electron chi connectivity index (χ1n) is 7.56. The largest absolute Gasteiger partial charge is 0.444 e. The van der Waals surface area contributed by atoms with Crippen LogP contribution in [0.1, 0.15) is 10.4 Å². The molecule has 0 unspecified atom stereocenters. The summed E-state index contributed by atoms with van der Waals surface area (Å²) in [6.07, 6.45) is 3.01. The van der Waals surface area contributed by atoms with E-state index in [9.17, 15) is 9.59 Å². The lowest BCUT2D eigenvalue weighted by Crippen LogP contribution is -2.19. The van der Waals surface area contributed by atoms with Gasteiger partial charge < -0.3 is 15.1 Å². The summed E-state index contributed by atoms with van der Waals surface area (Å²) >= 11 is 1.46. The van der Waals surface area contributed by atoms with Crippen LogP contribution in [0.3, 0.4) is 0 Å². The van der Waals surface area contributed by atoms with E-state index in [0.29, 0.717) is 28.5 Å². The minimum absolute atomic E-state index is 0.0573. The summed E-state index contributed by atoms with van der Waals surface area (Å²) in [4.78, 5) is 28.8. The van der Waals surface area contributed by atoms with Crippen LogP contribution in [0.5, 0.6) is 0 Å². The van der Waals surface area contributed by atoms with Crippen LogP contribution in [-0.4, -0.2) is 22.6 Å². The fourth-order valence-electron chi connectivity index (χ4n) is 2.50. The van der Waals surface area contributed by atoms with Crippen molar-refractivity contribution < 1.29 is 14.0 Å². The quantitative estimate of drug-likeness (QED) is 0.753. The van der Waals surface area contributed by atoms with Gasteiger partial charge in [-0.3, -0.25) is 9.59 Å². The van der Waals surface area contributed by atoms with Gasteiger partial charge in [0, 0.05) is 21.7 Å². The van der Waals surface area contributed by atoms with Crippen LogP contribution in [0.4, 0.5) is 11.4 Å². The second kappa shape index (κ2) is 6.45. The smallest absolute Gasteiger partial charge is 0.255 e. The average molecular weight is 351 g/mol. The molecule has 0 aliphatic carbocycles. The number of nitrogens with one attached hydrogen (secondary N) is 2. The van der Waals surface area contributed by atoms with Crippen LogP contribution in [0.25, 0.3) is 11.3 Å². The molecule has 1 aliphatic rings. The maximum Gasteiger partial charge on any atom is 0.255 e. The van der Waals surface area contributed by atoms with Crippen LogP contribution >= 0.6 is 11.8 Å². The standard InChI is InChI=1S/C18H13N3O3S/c22-17-9-25-16-6-3-12(7-14(16)21-17)18(23)20-13-4-1-11(2-5-13)15-8-19-10-24-15/h1-8,10H,9H2,(H,20,23)(H,21,22). The molecule has 0 saturated carbocycles. The van der Waals surface area contributed by atoms with Gasteiger partial charge in [0.2, 0.25) is 5.91 Å². The number of oxazole rings is 1. The van der Waals surface area contributed by atoms with Gasteiger partial charge in [-0.25, -0.2) is 4.98 Å². The average Bonchev–Trinajstić information content (AvgIpc) is 3.16. The Hall–Kier alpha value is -3.06. The molecule has 0 spiro atoms. The molecule has 4 rings (SSSR count). The number of hydrogen-bond donors (Lipinski definition) is 2. The van der Waals surface area contributed by atoms with Crippen LogP contribution < -0.4 is 10.6 Å². The monoisotopic (exact) mass is 351 g/mol. The number of benzene rings is 2. The number of nitrogens with zero attached hydrogens (tertiary/aromatic N) is 1. The summed E-state index contributed by atoms with van der Waals surface area (Å²) in [5.74, 6) is 0.773. The molecule has 124 valence electrons. The van der Waals surface area contributed by atoms with Gasteiger partial charge in [0.15, 0.2) is 12.2 Å². The highest BCUT2D eigenvalue weighted by atomic mass is 32.2. The number of carbonyl (C=O) groups excluding carboxylic acids is 2. The zero-order valence-corrected chi connectivity index (χ0v) is 13.8. The Morgan fingerprint density at radius 2 is 2.04 bits per heavy atom. The van der Waals surface area contributed by atoms with Crippen molar-refractivity contribution in [3.05, 3.63) is 60.6 Å². The third-order valence-electron chi connectivity index (χ3n) is 3.73. The first-order chi connectivity index (χ1) is 12.2. The number of anilines is 2. The fraction of sp³-hybridized carbons (Fsp3) is 0.0556. The molecule has 2 N–H and O–H groups in total. The molecule has 25 heavy (non-hydrogen) atoms. The van der Waals surface area contributed by atoms with Gasteiger partial charge in [-0.1, -0.05) is 0 Å². The molecule has 1 aliphatic heterocycles. The Morgan fingerprint density at radius 3 is 2.80 bits per heavy atom. The van der Waals surface area contributed by atoms with Crippen molar-refractivity contribution in [2.45, 2.75) is 4.90 Å². The maximum absolute atomic E-state index is 12.4. The van der Waals surface area contributed by atoms with E-state index >= 15 is 0 Å². The summed E-state index contributed by atoms with van der Waals surface area (Å²) in [6, 6.07) is 12.6. The van der Waals surface area contributed by atoms with E-state index in [2.05, 4.69) is 15.6 Å². The number of thioether (sulfide) groups is 1. The Kier molecular flexibility index (Phi) is 3.99.